The molecule has 0 fully saturated rings. The summed E-state index contributed by atoms with van der Waals surface area (Å²) in [6.45, 7) is 3.17. The average Bonchev–Trinajstić information content (AvgIpc) is 1.81. The summed E-state index contributed by atoms with van der Waals surface area (Å²) < 4.78 is 0. The summed E-state index contributed by atoms with van der Waals surface area (Å²) in [5, 5.41) is 19.2. The lowest BCUT2D eigenvalue weighted by Crippen LogP contribution is -2.31. The van der Waals surface area contributed by atoms with Crippen molar-refractivity contribution in [3.63, 3.8) is 0 Å². The van der Waals surface area contributed by atoms with Crippen molar-refractivity contribution < 1.29 is 10.2 Å². The molecule has 2 nitrogen and oxygen atoms in total. The lowest BCUT2D eigenvalue weighted by molar-refractivity contribution is 0.124. The number of halogens is 1. The molecule has 0 aromatic rings. The first-order chi connectivity index (χ1) is 4.83. The zero-order valence-electron chi connectivity index (χ0n) is 6.50. The second-order valence-electron chi connectivity index (χ2n) is 3.20. The van der Waals surface area contributed by atoms with Crippen molar-refractivity contribution in [1.29, 1.82) is 0 Å². The normalized spacial score (nSPS) is 43.9. The predicted molar refractivity (Wildman–Crippen MR) is 44.3 cm³/mol. The van der Waals surface area contributed by atoms with Crippen molar-refractivity contribution in [2.24, 2.45) is 0 Å². The van der Waals surface area contributed by atoms with Gasteiger partial charge in [-0.1, -0.05) is 17.7 Å². The summed E-state index contributed by atoms with van der Waals surface area (Å²) in [5.74, 6) is 0. The third-order valence-corrected chi connectivity index (χ3v) is 2.14. The van der Waals surface area contributed by atoms with Crippen LogP contribution in [0.2, 0.25) is 0 Å². The van der Waals surface area contributed by atoms with Crippen molar-refractivity contribution in [3.8, 4) is 0 Å². The molecule has 1 rings (SSSR count). The fourth-order valence-corrected chi connectivity index (χ4v) is 1.15. The van der Waals surface area contributed by atoms with Crippen LogP contribution in [0.5, 0.6) is 0 Å². The van der Waals surface area contributed by atoms with E-state index in [1.54, 1.807) is 13.8 Å². The third-order valence-electron chi connectivity index (χ3n) is 1.65. The van der Waals surface area contributed by atoms with Gasteiger partial charge in [0.1, 0.15) is 5.60 Å². The van der Waals surface area contributed by atoms with Crippen LogP contribution in [0.4, 0.5) is 0 Å². The van der Waals surface area contributed by atoms with Crippen molar-refractivity contribution in [1.82, 2.24) is 0 Å². The lowest BCUT2D eigenvalue weighted by atomic mass is 9.92. The van der Waals surface area contributed by atoms with Crippen LogP contribution < -0.4 is 0 Å². The summed E-state index contributed by atoms with van der Waals surface area (Å²) in [5.41, 5.74) is -2.15. The highest BCUT2D eigenvalue weighted by Gasteiger charge is 2.29. The first-order valence-electron chi connectivity index (χ1n) is 3.37. The molecule has 2 atom stereocenters. The number of hydrogen-bond donors (Lipinski definition) is 2. The molecule has 0 radical (unpaired) electrons. The molecular weight excluding hydrogens is 164 g/mol. The van der Waals surface area contributed by atoms with Gasteiger partial charge in [-0.2, -0.15) is 0 Å². The second-order valence-corrected chi connectivity index (χ2v) is 3.61. The molecule has 11 heavy (non-hydrogen) atoms. The molecule has 0 bridgehead atoms. The zero-order valence-corrected chi connectivity index (χ0v) is 7.26. The van der Waals surface area contributed by atoms with Gasteiger partial charge in [-0.25, -0.2) is 0 Å². The van der Waals surface area contributed by atoms with Crippen LogP contribution in [0.25, 0.3) is 0 Å². The predicted octanol–water partition coefficient (Wildman–Crippen LogP) is 1.18. The molecule has 62 valence electrons. The third kappa shape index (κ3) is 1.83. The SMILES string of the molecule is CC1(O)C=CC(C)(O)C(Cl)=C1. The monoisotopic (exact) mass is 174 g/mol. The molecule has 0 aliphatic heterocycles. The summed E-state index contributed by atoms with van der Waals surface area (Å²) in [7, 11) is 0. The van der Waals surface area contributed by atoms with Crippen LogP contribution in [0.3, 0.4) is 0 Å². The Hall–Kier alpha value is -0.310. The Morgan fingerprint density at radius 3 is 2.18 bits per heavy atom. The van der Waals surface area contributed by atoms with E-state index >= 15 is 0 Å². The van der Waals surface area contributed by atoms with Gasteiger partial charge in [-0.3, -0.25) is 0 Å². The van der Waals surface area contributed by atoms with E-state index in [4.69, 9.17) is 11.6 Å². The maximum Gasteiger partial charge on any atom is 0.115 e. The van der Waals surface area contributed by atoms with E-state index < -0.39 is 11.2 Å². The van der Waals surface area contributed by atoms with Crippen LogP contribution in [0.15, 0.2) is 23.3 Å². The van der Waals surface area contributed by atoms with Crippen LogP contribution in [-0.2, 0) is 0 Å². The number of aliphatic hydroxyl groups is 2. The Kier molecular flexibility index (Phi) is 1.87. The van der Waals surface area contributed by atoms with E-state index in [0.717, 1.165) is 0 Å². The van der Waals surface area contributed by atoms with Crippen molar-refractivity contribution >= 4 is 11.6 Å². The van der Waals surface area contributed by atoms with Gasteiger partial charge in [0.15, 0.2) is 0 Å². The lowest BCUT2D eigenvalue weighted by Gasteiger charge is -2.27. The second kappa shape index (κ2) is 2.34. The van der Waals surface area contributed by atoms with Gasteiger partial charge in [-0.05, 0) is 26.0 Å². The van der Waals surface area contributed by atoms with Gasteiger partial charge in [0.05, 0.1) is 10.6 Å². The zero-order chi connectivity index (χ0) is 8.70. The van der Waals surface area contributed by atoms with E-state index in [2.05, 4.69) is 0 Å². The molecule has 2 unspecified atom stereocenters. The molecule has 0 heterocycles. The molecule has 2 N–H and O–H groups in total. The van der Waals surface area contributed by atoms with Crippen molar-refractivity contribution in [3.05, 3.63) is 23.3 Å². The summed E-state index contributed by atoms with van der Waals surface area (Å²) in [4.78, 5) is 0. The smallest absolute Gasteiger partial charge is 0.115 e. The van der Waals surface area contributed by atoms with Gasteiger partial charge >= 0.3 is 0 Å². The summed E-state index contributed by atoms with van der Waals surface area (Å²) >= 11 is 5.69. The summed E-state index contributed by atoms with van der Waals surface area (Å²) in [6, 6.07) is 0. The van der Waals surface area contributed by atoms with E-state index in [1.165, 1.54) is 18.2 Å². The van der Waals surface area contributed by atoms with E-state index in [-0.39, 0.29) is 5.03 Å². The minimum atomic E-state index is -1.12. The molecule has 1 aliphatic rings. The standard InChI is InChI=1S/C8H11ClO2/c1-7(10)3-4-8(2,11)6(9)5-7/h3-5,10-11H,1-2H3. The quantitative estimate of drug-likeness (QED) is 0.542. The van der Waals surface area contributed by atoms with Crippen LogP contribution in [-0.4, -0.2) is 21.4 Å². The van der Waals surface area contributed by atoms with Gasteiger partial charge in [0.2, 0.25) is 0 Å². The van der Waals surface area contributed by atoms with Crippen LogP contribution in [0, 0.1) is 0 Å². The Morgan fingerprint density at radius 2 is 1.82 bits per heavy atom. The van der Waals surface area contributed by atoms with E-state index in [0.29, 0.717) is 0 Å². The largest absolute Gasteiger partial charge is 0.382 e. The Labute approximate surface area is 70.8 Å². The molecular formula is C8H11ClO2. The fourth-order valence-electron chi connectivity index (χ4n) is 0.861. The molecule has 0 spiro atoms. The van der Waals surface area contributed by atoms with Crippen LogP contribution >= 0.6 is 11.6 Å². The minimum absolute atomic E-state index is 0.255. The highest BCUT2D eigenvalue weighted by atomic mass is 35.5. The minimum Gasteiger partial charge on any atom is -0.382 e. The first kappa shape index (κ1) is 8.78. The van der Waals surface area contributed by atoms with Gasteiger partial charge in [0.25, 0.3) is 0 Å². The fraction of sp³-hybridized carbons (Fsp3) is 0.500. The average molecular weight is 175 g/mol. The molecule has 1 aliphatic carbocycles. The Morgan fingerprint density at radius 1 is 1.27 bits per heavy atom. The Balaban J connectivity index is 2.98. The number of rotatable bonds is 0. The molecule has 0 amide bonds. The van der Waals surface area contributed by atoms with Crippen molar-refractivity contribution in [2.45, 2.75) is 25.0 Å². The van der Waals surface area contributed by atoms with Crippen molar-refractivity contribution in [2.75, 3.05) is 0 Å². The first-order valence-corrected chi connectivity index (χ1v) is 3.75. The maximum atomic E-state index is 9.48. The summed E-state index contributed by atoms with van der Waals surface area (Å²) in [6.07, 6.45) is 4.42. The molecule has 0 aromatic heterocycles. The van der Waals surface area contributed by atoms with E-state index in [1.807, 2.05) is 0 Å². The topological polar surface area (TPSA) is 40.5 Å². The molecule has 0 saturated heterocycles. The molecule has 3 heteroatoms. The van der Waals surface area contributed by atoms with Gasteiger partial charge < -0.3 is 10.2 Å². The molecule has 0 aromatic carbocycles. The Bertz CT molecular complexity index is 226. The maximum absolute atomic E-state index is 9.48. The molecule has 0 saturated carbocycles. The van der Waals surface area contributed by atoms with Gasteiger partial charge in [-0.15, -0.1) is 0 Å². The van der Waals surface area contributed by atoms with Gasteiger partial charge in [0, 0.05) is 0 Å². The highest BCUT2D eigenvalue weighted by molar-refractivity contribution is 6.31. The highest BCUT2D eigenvalue weighted by Crippen LogP contribution is 2.30. The number of hydrogen-bond acceptors (Lipinski definition) is 2. The van der Waals surface area contributed by atoms with Crippen LogP contribution in [0.1, 0.15) is 13.8 Å². The van der Waals surface area contributed by atoms with E-state index in [9.17, 15) is 10.2 Å².